The highest BCUT2D eigenvalue weighted by Gasteiger charge is 2.64. The summed E-state index contributed by atoms with van der Waals surface area (Å²) in [6.45, 7) is 2.63. The van der Waals surface area contributed by atoms with E-state index >= 15 is 0 Å². The summed E-state index contributed by atoms with van der Waals surface area (Å²) in [5.41, 5.74) is 1.80. The zero-order valence-electron chi connectivity index (χ0n) is 15.5. The molecule has 6 rings (SSSR count). The van der Waals surface area contributed by atoms with E-state index in [0.717, 1.165) is 16.6 Å². The highest BCUT2D eigenvalue weighted by Crippen LogP contribution is 2.56. The van der Waals surface area contributed by atoms with E-state index in [1.807, 2.05) is 48.2 Å². The summed E-state index contributed by atoms with van der Waals surface area (Å²) in [6, 6.07) is 9.69. The van der Waals surface area contributed by atoms with Gasteiger partial charge in [-0.3, -0.25) is 9.59 Å². The average Bonchev–Trinajstić information content (AvgIpc) is 3.33. The molecule has 0 radical (unpaired) electrons. The van der Waals surface area contributed by atoms with E-state index in [1.165, 1.54) is 0 Å². The van der Waals surface area contributed by atoms with Crippen LogP contribution in [-0.4, -0.2) is 46.6 Å². The van der Waals surface area contributed by atoms with Crippen molar-refractivity contribution in [3.05, 3.63) is 53.7 Å². The van der Waals surface area contributed by atoms with E-state index in [9.17, 15) is 9.59 Å². The molecule has 142 valence electrons. The Hall–Kier alpha value is -2.73. The summed E-state index contributed by atoms with van der Waals surface area (Å²) in [4.78, 5) is 32.5. The second-order valence-electron chi connectivity index (χ2n) is 8.08. The summed E-state index contributed by atoms with van der Waals surface area (Å²) in [6.07, 6.45) is 4.41. The molecule has 1 aromatic carbocycles. The molecule has 2 bridgehead atoms. The van der Waals surface area contributed by atoms with Gasteiger partial charge in [0.25, 0.3) is 5.91 Å². The predicted octanol–water partition coefficient (Wildman–Crippen LogP) is 2.64. The quantitative estimate of drug-likeness (QED) is 0.595. The van der Waals surface area contributed by atoms with Gasteiger partial charge in [-0.25, -0.2) is 4.98 Å². The van der Waals surface area contributed by atoms with Crippen LogP contribution in [0, 0.1) is 11.8 Å². The standard InChI is InChI=1S/C22H20N2O4/c1-2-27-21(26)18-14-10-16-19-13(9-12-5-3-4-6-15(12)23-19)20(25)24(16)11-22(14)8-7-17(18)28-22/h3-9,14,16-18H,2,10-11H2,1H3/t14-,16-,17-,18-,22-/m1/s1. The first kappa shape index (κ1) is 16.2. The van der Waals surface area contributed by atoms with E-state index in [4.69, 9.17) is 14.5 Å². The average molecular weight is 376 g/mol. The molecule has 0 unspecified atom stereocenters. The van der Waals surface area contributed by atoms with Crippen LogP contribution in [0.25, 0.3) is 10.9 Å². The van der Waals surface area contributed by atoms with Crippen molar-refractivity contribution < 1.29 is 19.1 Å². The summed E-state index contributed by atoms with van der Waals surface area (Å²) in [5, 5.41) is 0.967. The number of nitrogens with zero attached hydrogens (tertiary/aromatic N) is 2. The van der Waals surface area contributed by atoms with Gasteiger partial charge in [0.15, 0.2) is 0 Å². The van der Waals surface area contributed by atoms with Gasteiger partial charge < -0.3 is 14.4 Å². The van der Waals surface area contributed by atoms with E-state index in [1.54, 1.807) is 0 Å². The van der Waals surface area contributed by atoms with Crippen molar-refractivity contribution in [2.45, 2.75) is 31.1 Å². The van der Waals surface area contributed by atoms with Crippen molar-refractivity contribution in [1.82, 2.24) is 9.88 Å². The van der Waals surface area contributed by atoms with Crippen molar-refractivity contribution in [3.63, 3.8) is 0 Å². The minimum Gasteiger partial charge on any atom is -0.466 e. The molecule has 4 aliphatic rings. The molecule has 1 amide bonds. The second-order valence-corrected chi connectivity index (χ2v) is 8.08. The number of hydrogen-bond acceptors (Lipinski definition) is 5. The first-order valence-electron chi connectivity index (χ1n) is 9.86. The van der Waals surface area contributed by atoms with Crippen molar-refractivity contribution >= 4 is 22.8 Å². The Morgan fingerprint density at radius 1 is 1.39 bits per heavy atom. The molecule has 5 heterocycles. The van der Waals surface area contributed by atoms with Crippen LogP contribution >= 0.6 is 0 Å². The van der Waals surface area contributed by atoms with Crippen LogP contribution < -0.4 is 0 Å². The maximum absolute atomic E-state index is 13.2. The summed E-state index contributed by atoms with van der Waals surface area (Å²) < 4.78 is 11.6. The predicted molar refractivity (Wildman–Crippen MR) is 100 cm³/mol. The van der Waals surface area contributed by atoms with Gasteiger partial charge in [0.1, 0.15) is 5.60 Å². The Bertz CT molecular complexity index is 1060. The lowest BCUT2D eigenvalue weighted by Crippen LogP contribution is -2.53. The molecule has 4 aliphatic heterocycles. The molecule has 2 aromatic rings. The van der Waals surface area contributed by atoms with E-state index < -0.39 is 5.60 Å². The minimum absolute atomic E-state index is 0.00480. The van der Waals surface area contributed by atoms with E-state index in [0.29, 0.717) is 25.1 Å². The second kappa shape index (κ2) is 5.41. The Kier molecular flexibility index (Phi) is 3.14. The van der Waals surface area contributed by atoms with Crippen molar-refractivity contribution in [3.8, 4) is 0 Å². The molecule has 1 spiro atoms. The number of amides is 1. The smallest absolute Gasteiger partial charge is 0.312 e. The molecule has 2 saturated heterocycles. The van der Waals surface area contributed by atoms with Gasteiger partial charge in [-0.2, -0.15) is 0 Å². The molecule has 6 nitrogen and oxygen atoms in total. The van der Waals surface area contributed by atoms with Gasteiger partial charge in [-0.1, -0.05) is 30.4 Å². The Morgan fingerprint density at radius 2 is 2.25 bits per heavy atom. The molecule has 0 saturated carbocycles. The third-order valence-corrected chi connectivity index (χ3v) is 6.73. The van der Waals surface area contributed by atoms with Crippen LogP contribution in [0.2, 0.25) is 0 Å². The number of aromatic nitrogens is 1. The van der Waals surface area contributed by atoms with Gasteiger partial charge in [-0.05, 0) is 25.5 Å². The maximum Gasteiger partial charge on any atom is 0.312 e. The maximum atomic E-state index is 13.2. The number of rotatable bonds is 2. The van der Waals surface area contributed by atoms with Crippen LogP contribution in [0.5, 0.6) is 0 Å². The molecular formula is C22H20N2O4. The lowest BCUT2D eigenvalue weighted by atomic mass is 9.69. The van der Waals surface area contributed by atoms with Gasteiger partial charge >= 0.3 is 5.97 Å². The van der Waals surface area contributed by atoms with Crippen LogP contribution in [0.1, 0.15) is 35.4 Å². The van der Waals surface area contributed by atoms with Gasteiger partial charge in [0.05, 0.1) is 48.0 Å². The summed E-state index contributed by atoms with van der Waals surface area (Å²) in [5.74, 6) is -0.513. The molecule has 0 N–H and O–H groups in total. The number of carbonyl (C=O) groups is 2. The first-order valence-corrected chi connectivity index (χ1v) is 9.86. The first-order chi connectivity index (χ1) is 13.6. The van der Waals surface area contributed by atoms with E-state index in [-0.39, 0.29) is 35.9 Å². The monoisotopic (exact) mass is 376 g/mol. The molecule has 28 heavy (non-hydrogen) atoms. The zero-order chi connectivity index (χ0) is 19.0. The normalized spacial score (nSPS) is 34.5. The molecule has 5 atom stereocenters. The molecule has 1 aromatic heterocycles. The van der Waals surface area contributed by atoms with E-state index in [2.05, 4.69) is 6.08 Å². The van der Waals surface area contributed by atoms with Gasteiger partial charge in [0, 0.05) is 11.3 Å². The van der Waals surface area contributed by atoms with Crippen LogP contribution in [0.15, 0.2) is 42.5 Å². The fraction of sp³-hybridized carbons (Fsp3) is 0.409. The highest BCUT2D eigenvalue weighted by molar-refractivity contribution is 6.02. The van der Waals surface area contributed by atoms with Crippen LogP contribution in [0.3, 0.4) is 0 Å². The van der Waals surface area contributed by atoms with Gasteiger partial charge in [0.2, 0.25) is 0 Å². The number of para-hydroxylation sites is 1. The Labute approximate surface area is 162 Å². The van der Waals surface area contributed by atoms with Crippen molar-refractivity contribution in [1.29, 1.82) is 0 Å². The SMILES string of the molecule is CCOC(=O)[C@@H]1[C@H]2C[C@@H]3c4nc5ccccc5cc4C(=O)N3C[C@]23C=C[C@H]1O3. The minimum atomic E-state index is -0.588. The largest absolute Gasteiger partial charge is 0.466 e. The fourth-order valence-corrected chi connectivity index (χ4v) is 5.54. The summed E-state index contributed by atoms with van der Waals surface area (Å²) >= 11 is 0. The number of pyridine rings is 1. The molecule has 6 heteroatoms. The summed E-state index contributed by atoms with van der Waals surface area (Å²) in [7, 11) is 0. The van der Waals surface area contributed by atoms with Crippen molar-refractivity contribution in [2.24, 2.45) is 11.8 Å². The third-order valence-electron chi connectivity index (χ3n) is 6.73. The fourth-order valence-electron chi connectivity index (χ4n) is 5.54. The van der Waals surface area contributed by atoms with Crippen LogP contribution in [0.4, 0.5) is 0 Å². The van der Waals surface area contributed by atoms with Gasteiger partial charge in [-0.15, -0.1) is 0 Å². The topological polar surface area (TPSA) is 68.7 Å². The highest BCUT2D eigenvalue weighted by atomic mass is 16.6. The number of benzene rings is 1. The number of fused-ring (bicyclic) bond motifs is 5. The molecule has 0 aliphatic carbocycles. The number of piperidine rings is 1. The number of esters is 1. The Morgan fingerprint density at radius 3 is 3.11 bits per heavy atom. The third kappa shape index (κ3) is 1.93. The van der Waals surface area contributed by atoms with Crippen LogP contribution in [-0.2, 0) is 14.3 Å². The lowest BCUT2D eigenvalue weighted by molar-refractivity contribution is -0.150. The number of hydrogen-bond donors (Lipinski definition) is 0. The zero-order valence-corrected chi connectivity index (χ0v) is 15.5. The van der Waals surface area contributed by atoms with Crippen molar-refractivity contribution in [2.75, 3.05) is 13.2 Å². The molecule has 2 fully saturated rings. The molecular weight excluding hydrogens is 356 g/mol. The Balaban J connectivity index is 1.43. The lowest BCUT2D eigenvalue weighted by Gasteiger charge is -2.44. The number of ether oxygens (including phenoxy) is 2. The number of carbonyl (C=O) groups excluding carboxylic acids is 2.